The molecule has 6 heteroatoms. The Kier molecular flexibility index (Phi) is 4.41. The summed E-state index contributed by atoms with van der Waals surface area (Å²) in [7, 11) is 0. The fourth-order valence-electron chi connectivity index (χ4n) is 2.09. The number of hydrogen-bond donors (Lipinski definition) is 1. The summed E-state index contributed by atoms with van der Waals surface area (Å²) < 4.78 is 37.5. The van der Waals surface area contributed by atoms with Crippen molar-refractivity contribution < 1.29 is 23.1 Å². The Labute approximate surface area is 98.6 Å². The fraction of sp³-hybridized carbons (Fsp3) is 0.909. The van der Waals surface area contributed by atoms with Crippen LogP contribution in [-0.2, 0) is 4.79 Å². The second-order valence-electron chi connectivity index (χ2n) is 4.94. The smallest absolute Gasteiger partial charge is 0.403 e. The monoisotopic (exact) mass is 253 g/mol. The molecule has 3 nitrogen and oxygen atoms in total. The summed E-state index contributed by atoms with van der Waals surface area (Å²) in [5.41, 5.74) is 0. The molecular weight excluding hydrogens is 235 g/mol. The van der Waals surface area contributed by atoms with Gasteiger partial charge in [-0.3, -0.25) is 4.79 Å². The molecule has 1 rings (SSSR count). The van der Waals surface area contributed by atoms with Crippen LogP contribution in [0.15, 0.2) is 0 Å². The van der Waals surface area contributed by atoms with Crippen LogP contribution in [0.5, 0.6) is 0 Å². The van der Waals surface area contributed by atoms with E-state index in [0.29, 0.717) is 24.9 Å². The van der Waals surface area contributed by atoms with Gasteiger partial charge in [0.25, 0.3) is 0 Å². The quantitative estimate of drug-likeness (QED) is 0.838. The van der Waals surface area contributed by atoms with Crippen LogP contribution in [0.1, 0.15) is 20.3 Å². The summed E-state index contributed by atoms with van der Waals surface area (Å²) in [5, 5.41) is 8.61. The lowest BCUT2D eigenvalue weighted by atomic mass is 9.88. The average molecular weight is 253 g/mol. The van der Waals surface area contributed by atoms with Crippen LogP contribution in [0.2, 0.25) is 0 Å². The molecule has 100 valence electrons. The highest BCUT2D eigenvalue weighted by Gasteiger charge is 2.46. The normalized spacial score (nSPS) is 29.0. The lowest BCUT2D eigenvalue weighted by Crippen LogP contribution is -2.46. The van der Waals surface area contributed by atoms with Gasteiger partial charge in [0.2, 0.25) is 0 Å². The fourth-order valence-corrected chi connectivity index (χ4v) is 2.09. The van der Waals surface area contributed by atoms with Crippen LogP contribution in [0.4, 0.5) is 13.2 Å². The molecule has 0 radical (unpaired) electrons. The molecule has 1 saturated heterocycles. The molecule has 0 bridgehead atoms. The Morgan fingerprint density at radius 2 is 2.00 bits per heavy atom. The van der Waals surface area contributed by atoms with E-state index >= 15 is 0 Å². The van der Waals surface area contributed by atoms with Gasteiger partial charge in [0, 0.05) is 13.1 Å². The van der Waals surface area contributed by atoms with Crippen LogP contribution < -0.4 is 0 Å². The number of rotatable bonds is 3. The largest absolute Gasteiger partial charge is 0.481 e. The van der Waals surface area contributed by atoms with Crippen molar-refractivity contribution in [1.82, 2.24) is 4.90 Å². The minimum absolute atomic E-state index is 0.312. The molecule has 1 aliphatic heterocycles. The van der Waals surface area contributed by atoms with Gasteiger partial charge in [0.15, 0.2) is 5.92 Å². The van der Waals surface area contributed by atoms with Gasteiger partial charge >= 0.3 is 12.1 Å². The van der Waals surface area contributed by atoms with Crippen molar-refractivity contribution in [1.29, 1.82) is 0 Å². The van der Waals surface area contributed by atoms with E-state index in [1.807, 2.05) is 6.92 Å². The highest BCUT2D eigenvalue weighted by atomic mass is 19.4. The zero-order chi connectivity index (χ0) is 13.2. The molecule has 1 N–H and O–H groups in total. The van der Waals surface area contributed by atoms with E-state index in [-0.39, 0.29) is 0 Å². The van der Waals surface area contributed by atoms with Crippen molar-refractivity contribution in [2.75, 3.05) is 19.6 Å². The van der Waals surface area contributed by atoms with E-state index in [2.05, 4.69) is 6.92 Å². The van der Waals surface area contributed by atoms with Crippen molar-refractivity contribution >= 4 is 5.97 Å². The number of hydrogen-bond acceptors (Lipinski definition) is 2. The zero-order valence-corrected chi connectivity index (χ0v) is 10.00. The molecule has 1 fully saturated rings. The van der Waals surface area contributed by atoms with Crippen molar-refractivity contribution in [3.63, 3.8) is 0 Å². The molecule has 1 aliphatic rings. The first-order valence-electron chi connectivity index (χ1n) is 5.73. The SMILES string of the molecule is CC1CCN(CC(C(=O)O)C(F)(F)F)CC1C. The highest BCUT2D eigenvalue weighted by molar-refractivity contribution is 5.71. The first-order chi connectivity index (χ1) is 7.71. The van der Waals surface area contributed by atoms with Gasteiger partial charge in [-0.05, 0) is 24.8 Å². The summed E-state index contributed by atoms with van der Waals surface area (Å²) >= 11 is 0. The molecule has 0 saturated carbocycles. The van der Waals surface area contributed by atoms with Gasteiger partial charge in [0.1, 0.15) is 0 Å². The van der Waals surface area contributed by atoms with E-state index in [9.17, 15) is 18.0 Å². The van der Waals surface area contributed by atoms with E-state index in [1.54, 1.807) is 4.90 Å². The molecule has 0 aromatic heterocycles. The summed E-state index contributed by atoms with van der Waals surface area (Å²) in [6.07, 6.45) is -3.84. The predicted octanol–water partition coefficient (Wildman–Crippen LogP) is 2.23. The number of carbonyl (C=O) groups is 1. The van der Waals surface area contributed by atoms with Gasteiger partial charge in [-0.1, -0.05) is 13.8 Å². The van der Waals surface area contributed by atoms with Gasteiger partial charge < -0.3 is 10.0 Å². The maximum Gasteiger partial charge on any atom is 0.403 e. The number of halogens is 3. The second-order valence-corrected chi connectivity index (χ2v) is 4.94. The lowest BCUT2D eigenvalue weighted by molar-refractivity contribution is -0.197. The Morgan fingerprint density at radius 3 is 2.41 bits per heavy atom. The average Bonchev–Trinajstić information content (AvgIpc) is 2.17. The molecular formula is C11H18F3NO2. The molecule has 3 atom stereocenters. The number of nitrogens with zero attached hydrogens (tertiary/aromatic N) is 1. The maximum atomic E-state index is 12.5. The summed E-state index contributed by atoms with van der Waals surface area (Å²) in [4.78, 5) is 12.2. The summed E-state index contributed by atoms with van der Waals surface area (Å²) in [5.74, 6) is -3.27. The Morgan fingerprint density at radius 1 is 1.41 bits per heavy atom. The molecule has 0 aliphatic carbocycles. The molecule has 0 aromatic rings. The molecule has 1 heterocycles. The van der Waals surface area contributed by atoms with Crippen molar-refractivity contribution in [2.24, 2.45) is 17.8 Å². The van der Waals surface area contributed by atoms with Crippen LogP contribution in [0.25, 0.3) is 0 Å². The number of carboxylic acids is 1. The third-order valence-corrected chi connectivity index (χ3v) is 3.55. The van der Waals surface area contributed by atoms with E-state index in [0.717, 1.165) is 6.42 Å². The number of piperidine rings is 1. The number of carboxylic acid groups (broad SMARTS) is 1. The third kappa shape index (κ3) is 3.87. The standard InChI is InChI=1S/C11H18F3NO2/c1-7-3-4-15(5-8(7)2)6-9(10(16)17)11(12,13)14/h7-9H,3-6H2,1-2H3,(H,16,17). The van der Waals surface area contributed by atoms with Crippen LogP contribution >= 0.6 is 0 Å². The van der Waals surface area contributed by atoms with E-state index in [4.69, 9.17) is 5.11 Å². The Balaban J connectivity index is 2.60. The molecule has 17 heavy (non-hydrogen) atoms. The highest BCUT2D eigenvalue weighted by Crippen LogP contribution is 2.29. The molecule has 0 aromatic carbocycles. The maximum absolute atomic E-state index is 12.5. The van der Waals surface area contributed by atoms with Gasteiger partial charge in [-0.15, -0.1) is 0 Å². The number of aliphatic carboxylic acids is 1. The summed E-state index contributed by atoms with van der Waals surface area (Å²) in [6.45, 7) is 4.71. The predicted molar refractivity (Wildman–Crippen MR) is 56.6 cm³/mol. The van der Waals surface area contributed by atoms with Crippen LogP contribution in [-0.4, -0.2) is 41.8 Å². The van der Waals surface area contributed by atoms with Crippen molar-refractivity contribution in [2.45, 2.75) is 26.4 Å². The zero-order valence-electron chi connectivity index (χ0n) is 10.00. The van der Waals surface area contributed by atoms with Crippen molar-refractivity contribution in [3.05, 3.63) is 0 Å². The van der Waals surface area contributed by atoms with E-state index < -0.39 is 24.6 Å². The molecule has 0 amide bonds. The van der Waals surface area contributed by atoms with Gasteiger partial charge in [-0.2, -0.15) is 13.2 Å². The van der Waals surface area contributed by atoms with Crippen LogP contribution in [0, 0.1) is 17.8 Å². The lowest BCUT2D eigenvalue weighted by Gasteiger charge is -2.36. The number of likely N-dealkylation sites (tertiary alicyclic amines) is 1. The third-order valence-electron chi connectivity index (χ3n) is 3.55. The van der Waals surface area contributed by atoms with Crippen LogP contribution in [0.3, 0.4) is 0 Å². The number of alkyl halides is 3. The van der Waals surface area contributed by atoms with E-state index in [1.165, 1.54) is 0 Å². The van der Waals surface area contributed by atoms with Gasteiger partial charge in [0.05, 0.1) is 0 Å². The first-order valence-corrected chi connectivity index (χ1v) is 5.73. The minimum atomic E-state index is -4.67. The molecule has 0 spiro atoms. The first kappa shape index (κ1) is 14.3. The minimum Gasteiger partial charge on any atom is -0.481 e. The summed E-state index contributed by atoms with van der Waals surface area (Å²) in [6, 6.07) is 0. The van der Waals surface area contributed by atoms with Gasteiger partial charge in [-0.25, -0.2) is 0 Å². The Bertz CT molecular complexity index is 280. The topological polar surface area (TPSA) is 40.5 Å². The molecule has 3 unspecified atom stereocenters. The van der Waals surface area contributed by atoms with Crippen molar-refractivity contribution in [3.8, 4) is 0 Å². The second kappa shape index (κ2) is 5.25. The Hall–Kier alpha value is -0.780.